The van der Waals surface area contributed by atoms with E-state index in [1.165, 1.54) is 5.56 Å². The predicted molar refractivity (Wildman–Crippen MR) is 92.2 cm³/mol. The molecule has 1 saturated carbocycles. The molecule has 1 spiro atoms. The molecule has 1 aromatic rings. The smallest absolute Gasteiger partial charge is 0.174 e. The number of ether oxygens (including phenoxy) is 2. The van der Waals surface area contributed by atoms with Crippen molar-refractivity contribution in [3.8, 4) is 11.5 Å². The minimum absolute atomic E-state index is 0.00899. The van der Waals surface area contributed by atoms with Crippen molar-refractivity contribution >= 4 is 5.78 Å². The Morgan fingerprint density at radius 3 is 3.08 bits per heavy atom. The molecule has 1 N–H and O–H groups in total. The number of ketones is 1. The van der Waals surface area contributed by atoms with Crippen LogP contribution in [0.1, 0.15) is 30.4 Å². The number of nitrogens with zero attached hydrogens (tertiary/aromatic N) is 1. The molecule has 4 aliphatic rings. The van der Waals surface area contributed by atoms with Crippen molar-refractivity contribution < 1.29 is 19.4 Å². The van der Waals surface area contributed by atoms with E-state index in [1.807, 2.05) is 12.1 Å². The van der Waals surface area contributed by atoms with Gasteiger partial charge in [0.15, 0.2) is 23.4 Å². The fourth-order valence-corrected chi connectivity index (χ4v) is 5.95. The van der Waals surface area contributed by atoms with Crippen molar-refractivity contribution in [2.24, 2.45) is 0 Å². The SMILES string of the molecule is C=CCN1CC[C@]23c4c5ccc(OC)c4O[C@H]2C(=O)CCC3(O)[C@H]1C5. The number of piperidine rings is 1. The normalized spacial score (nSPS) is 38.1. The molecule has 2 aliphatic carbocycles. The quantitative estimate of drug-likeness (QED) is 0.847. The molecule has 0 amide bonds. The molecular weight excluding hydrogens is 318 g/mol. The summed E-state index contributed by atoms with van der Waals surface area (Å²) in [5, 5.41) is 11.9. The molecule has 25 heavy (non-hydrogen) atoms. The number of Topliss-reactive ketones (excluding diaryl/α,β-unsaturated/α-hetero) is 1. The van der Waals surface area contributed by atoms with Gasteiger partial charge in [-0.1, -0.05) is 12.1 Å². The van der Waals surface area contributed by atoms with Gasteiger partial charge in [-0.25, -0.2) is 0 Å². The summed E-state index contributed by atoms with van der Waals surface area (Å²) in [6.45, 7) is 5.46. The van der Waals surface area contributed by atoms with Gasteiger partial charge in [0.05, 0.1) is 18.1 Å². The van der Waals surface area contributed by atoms with Gasteiger partial charge in [-0.3, -0.25) is 9.69 Å². The highest BCUT2D eigenvalue weighted by Crippen LogP contribution is 2.64. The number of hydrogen-bond donors (Lipinski definition) is 1. The van der Waals surface area contributed by atoms with Crippen molar-refractivity contribution in [3.05, 3.63) is 35.9 Å². The Bertz CT molecular complexity index is 790. The molecule has 5 rings (SSSR count). The molecule has 0 aromatic heterocycles. The molecule has 4 atom stereocenters. The molecule has 132 valence electrons. The first-order valence-corrected chi connectivity index (χ1v) is 9.04. The maximum Gasteiger partial charge on any atom is 0.174 e. The van der Waals surface area contributed by atoms with E-state index in [4.69, 9.17) is 9.47 Å². The number of hydrogen-bond acceptors (Lipinski definition) is 5. The Kier molecular flexibility index (Phi) is 3.00. The Morgan fingerprint density at radius 2 is 2.32 bits per heavy atom. The van der Waals surface area contributed by atoms with Crippen LogP contribution in [-0.4, -0.2) is 53.7 Å². The van der Waals surface area contributed by atoms with Gasteiger partial charge in [-0.2, -0.15) is 0 Å². The summed E-state index contributed by atoms with van der Waals surface area (Å²) in [7, 11) is 1.62. The van der Waals surface area contributed by atoms with Crippen LogP contribution in [-0.2, 0) is 16.6 Å². The Hall–Kier alpha value is -1.85. The number of carbonyl (C=O) groups excluding carboxylic acids is 1. The lowest BCUT2D eigenvalue weighted by atomic mass is 9.49. The van der Waals surface area contributed by atoms with Crippen LogP contribution >= 0.6 is 0 Å². The summed E-state index contributed by atoms with van der Waals surface area (Å²) >= 11 is 0. The van der Waals surface area contributed by atoms with E-state index < -0.39 is 17.1 Å². The second-order valence-corrected chi connectivity index (χ2v) is 7.74. The molecule has 1 aromatic carbocycles. The predicted octanol–water partition coefficient (Wildman–Crippen LogP) is 1.60. The Morgan fingerprint density at radius 1 is 1.48 bits per heavy atom. The van der Waals surface area contributed by atoms with Crippen LogP contribution in [0.25, 0.3) is 0 Å². The van der Waals surface area contributed by atoms with Gasteiger partial charge in [-0.15, -0.1) is 6.58 Å². The largest absolute Gasteiger partial charge is 0.493 e. The van der Waals surface area contributed by atoms with Crippen LogP contribution in [0.5, 0.6) is 11.5 Å². The van der Waals surface area contributed by atoms with Crippen LogP contribution in [0, 0.1) is 0 Å². The molecular formula is C20H23NO4. The summed E-state index contributed by atoms with van der Waals surface area (Å²) < 4.78 is 11.7. The van der Waals surface area contributed by atoms with Crippen molar-refractivity contribution in [1.82, 2.24) is 4.90 Å². The van der Waals surface area contributed by atoms with Crippen LogP contribution in [0.4, 0.5) is 0 Å². The third kappa shape index (κ3) is 1.59. The zero-order valence-electron chi connectivity index (χ0n) is 14.5. The summed E-state index contributed by atoms with van der Waals surface area (Å²) in [5.74, 6) is 1.44. The number of benzene rings is 1. The van der Waals surface area contributed by atoms with E-state index in [2.05, 4.69) is 17.5 Å². The summed E-state index contributed by atoms with van der Waals surface area (Å²) in [5.41, 5.74) is 0.623. The fourth-order valence-electron chi connectivity index (χ4n) is 5.95. The molecule has 2 fully saturated rings. The van der Waals surface area contributed by atoms with Crippen molar-refractivity contribution in [2.45, 2.75) is 48.8 Å². The van der Waals surface area contributed by atoms with Crippen molar-refractivity contribution in [1.29, 1.82) is 0 Å². The fraction of sp³-hybridized carbons (Fsp3) is 0.550. The second kappa shape index (κ2) is 4.86. The zero-order valence-corrected chi connectivity index (χ0v) is 14.5. The van der Waals surface area contributed by atoms with E-state index >= 15 is 0 Å². The summed E-state index contributed by atoms with van der Waals surface area (Å²) in [4.78, 5) is 15.1. The lowest BCUT2D eigenvalue weighted by molar-refractivity contribution is -0.187. The average Bonchev–Trinajstić information content (AvgIpc) is 2.96. The summed E-state index contributed by atoms with van der Waals surface area (Å²) in [6, 6.07) is 3.99. The molecule has 2 aliphatic heterocycles. The molecule has 2 heterocycles. The Labute approximate surface area is 147 Å². The number of likely N-dealkylation sites (tertiary alicyclic amines) is 1. The third-order valence-electron chi connectivity index (χ3n) is 6.94. The number of carbonyl (C=O) groups is 1. The van der Waals surface area contributed by atoms with Crippen LogP contribution in [0.3, 0.4) is 0 Å². The molecule has 5 heteroatoms. The number of methoxy groups -OCH3 is 1. The van der Waals surface area contributed by atoms with E-state index in [9.17, 15) is 9.90 Å². The first-order valence-electron chi connectivity index (χ1n) is 9.04. The number of aliphatic hydroxyl groups is 1. The molecule has 1 saturated heterocycles. The first-order chi connectivity index (χ1) is 12.1. The van der Waals surface area contributed by atoms with Gasteiger partial charge >= 0.3 is 0 Å². The summed E-state index contributed by atoms with van der Waals surface area (Å²) in [6.07, 6.45) is 3.66. The Balaban J connectivity index is 1.79. The molecule has 5 nitrogen and oxygen atoms in total. The van der Waals surface area contributed by atoms with Gasteiger partial charge in [0, 0.05) is 31.1 Å². The highest BCUT2D eigenvalue weighted by molar-refractivity contribution is 5.90. The highest BCUT2D eigenvalue weighted by atomic mass is 16.5. The maximum atomic E-state index is 12.8. The van der Waals surface area contributed by atoms with E-state index in [0.717, 1.165) is 31.5 Å². The van der Waals surface area contributed by atoms with Gasteiger partial charge in [-0.05, 0) is 30.9 Å². The van der Waals surface area contributed by atoms with Crippen molar-refractivity contribution in [2.75, 3.05) is 20.2 Å². The third-order valence-corrected chi connectivity index (χ3v) is 6.94. The second-order valence-electron chi connectivity index (χ2n) is 7.74. The van der Waals surface area contributed by atoms with Gasteiger partial charge in [0.1, 0.15) is 0 Å². The lowest BCUT2D eigenvalue weighted by Crippen LogP contribution is -2.76. The average molecular weight is 341 g/mol. The van der Waals surface area contributed by atoms with Crippen LogP contribution in [0.2, 0.25) is 0 Å². The number of rotatable bonds is 3. The molecule has 0 radical (unpaired) electrons. The van der Waals surface area contributed by atoms with E-state index in [1.54, 1.807) is 7.11 Å². The topological polar surface area (TPSA) is 59.0 Å². The molecule has 2 bridgehead atoms. The standard InChI is InChI=1S/C20H23NO4/c1-3-9-21-10-8-19-16-12-4-5-14(24-2)17(16)25-18(19)13(22)6-7-20(19,23)15(21)11-12/h3-5,15,18,23H,1,6-11H2,2H3/t15-,18+,19+,20?/m1/s1. The monoisotopic (exact) mass is 341 g/mol. The van der Waals surface area contributed by atoms with Gasteiger partial charge in [0.25, 0.3) is 0 Å². The lowest BCUT2D eigenvalue weighted by Gasteiger charge is -2.62. The van der Waals surface area contributed by atoms with Gasteiger partial charge < -0.3 is 14.6 Å². The van der Waals surface area contributed by atoms with E-state index in [-0.39, 0.29) is 11.8 Å². The highest BCUT2D eigenvalue weighted by Gasteiger charge is 2.73. The van der Waals surface area contributed by atoms with Crippen LogP contribution < -0.4 is 9.47 Å². The minimum atomic E-state index is -0.947. The van der Waals surface area contributed by atoms with Crippen molar-refractivity contribution in [3.63, 3.8) is 0 Å². The molecule has 1 unspecified atom stereocenters. The minimum Gasteiger partial charge on any atom is -0.493 e. The maximum absolute atomic E-state index is 12.8. The van der Waals surface area contributed by atoms with Gasteiger partial charge in [0.2, 0.25) is 0 Å². The first kappa shape index (κ1) is 15.4. The van der Waals surface area contributed by atoms with Crippen LogP contribution in [0.15, 0.2) is 24.8 Å². The zero-order chi connectivity index (χ0) is 17.4. The van der Waals surface area contributed by atoms with E-state index in [0.29, 0.717) is 24.3 Å².